The molecule has 0 aromatic heterocycles. The number of piperidine rings is 1. The van der Waals surface area contributed by atoms with Crippen molar-refractivity contribution in [2.45, 2.75) is 19.3 Å². The summed E-state index contributed by atoms with van der Waals surface area (Å²) in [6.45, 7) is 6.05. The highest BCUT2D eigenvalue weighted by molar-refractivity contribution is 4.95. The van der Waals surface area contributed by atoms with E-state index >= 15 is 0 Å². The van der Waals surface area contributed by atoms with Gasteiger partial charge in [-0.05, 0) is 31.1 Å². The predicted octanol–water partition coefficient (Wildman–Crippen LogP) is 1.29. The van der Waals surface area contributed by atoms with Crippen LogP contribution in [0.25, 0.3) is 0 Å². The highest BCUT2D eigenvalue weighted by Gasteiger charge is 2.32. The van der Waals surface area contributed by atoms with Crippen molar-refractivity contribution in [1.82, 2.24) is 9.80 Å². The van der Waals surface area contributed by atoms with Crippen molar-refractivity contribution >= 4 is 0 Å². The van der Waals surface area contributed by atoms with Gasteiger partial charge in [-0.3, -0.25) is 4.90 Å². The molecular formula is C15H22N2. The summed E-state index contributed by atoms with van der Waals surface area (Å²) in [6, 6.07) is 0. The molecule has 1 heterocycles. The van der Waals surface area contributed by atoms with E-state index in [2.05, 4.69) is 21.6 Å². The molecule has 2 atom stereocenters. The van der Waals surface area contributed by atoms with Gasteiger partial charge in [0.2, 0.25) is 0 Å². The predicted molar refractivity (Wildman–Crippen MR) is 71.4 cm³/mol. The molecule has 1 saturated carbocycles. The Balaban J connectivity index is 1.74. The maximum absolute atomic E-state index is 5.35. The van der Waals surface area contributed by atoms with Gasteiger partial charge in [-0.1, -0.05) is 11.8 Å². The summed E-state index contributed by atoms with van der Waals surface area (Å²) in [5, 5.41) is 0. The van der Waals surface area contributed by atoms with Crippen molar-refractivity contribution in [3.8, 4) is 24.7 Å². The van der Waals surface area contributed by atoms with Crippen LogP contribution in [0.15, 0.2) is 0 Å². The van der Waals surface area contributed by atoms with Gasteiger partial charge in [-0.2, -0.15) is 0 Å². The van der Waals surface area contributed by atoms with Crippen molar-refractivity contribution in [1.29, 1.82) is 0 Å². The van der Waals surface area contributed by atoms with E-state index in [1.54, 1.807) is 0 Å². The fourth-order valence-corrected chi connectivity index (χ4v) is 3.25. The largest absolute Gasteiger partial charge is 0.302 e. The van der Waals surface area contributed by atoms with E-state index in [-0.39, 0.29) is 0 Å². The van der Waals surface area contributed by atoms with Gasteiger partial charge < -0.3 is 4.90 Å². The van der Waals surface area contributed by atoms with E-state index in [9.17, 15) is 0 Å². The molecule has 2 fully saturated rings. The highest BCUT2D eigenvalue weighted by Crippen LogP contribution is 2.35. The van der Waals surface area contributed by atoms with Crippen LogP contribution < -0.4 is 0 Å². The third kappa shape index (κ3) is 3.50. The normalized spacial score (nSPS) is 27.9. The van der Waals surface area contributed by atoms with Crippen molar-refractivity contribution in [3.63, 3.8) is 0 Å². The topological polar surface area (TPSA) is 6.48 Å². The number of hydrogen-bond acceptors (Lipinski definition) is 2. The van der Waals surface area contributed by atoms with E-state index in [0.717, 1.165) is 24.9 Å². The molecule has 2 unspecified atom stereocenters. The average Bonchev–Trinajstić information content (AvgIpc) is 2.66. The van der Waals surface area contributed by atoms with E-state index < -0.39 is 0 Å². The molecule has 2 heteroatoms. The van der Waals surface area contributed by atoms with Crippen molar-refractivity contribution in [2.75, 3.05) is 39.3 Å². The molecule has 2 bridgehead atoms. The van der Waals surface area contributed by atoms with Crippen LogP contribution in [0.5, 0.6) is 0 Å². The summed E-state index contributed by atoms with van der Waals surface area (Å²) in [5.74, 6) is 7.29. The van der Waals surface area contributed by atoms with Crippen molar-refractivity contribution in [3.05, 3.63) is 0 Å². The lowest BCUT2D eigenvalue weighted by molar-refractivity contribution is 0.150. The maximum atomic E-state index is 5.35. The van der Waals surface area contributed by atoms with E-state index in [0.29, 0.717) is 13.1 Å². The molecular weight excluding hydrogens is 208 g/mol. The summed E-state index contributed by atoms with van der Waals surface area (Å²) >= 11 is 0. The Hall–Kier alpha value is -0.960. The monoisotopic (exact) mass is 230 g/mol. The van der Waals surface area contributed by atoms with Gasteiger partial charge in [-0.15, -0.1) is 12.8 Å². The first-order valence-corrected chi connectivity index (χ1v) is 6.63. The minimum atomic E-state index is 0.672. The average molecular weight is 230 g/mol. The van der Waals surface area contributed by atoms with Crippen LogP contribution in [-0.2, 0) is 0 Å². The first-order valence-electron chi connectivity index (χ1n) is 6.63. The molecule has 17 heavy (non-hydrogen) atoms. The molecule has 2 nitrogen and oxygen atoms in total. The highest BCUT2D eigenvalue weighted by atomic mass is 15.2. The third-order valence-corrected chi connectivity index (χ3v) is 4.04. The molecule has 92 valence electrons. The van der Waals surface area contributed by atoms with Gasteiger partial charge in [0.15, 0.2) is 0 Å². The molecule has 0 amide bonds. The Morgan fingerprint density at radius 2 is 1.65 bits per heavy atom. The minimum absolute atomic E-state index is 0.672. The molecule has 2 aliphatic rings. The van der Waals surface area contributed by atoms with Gasteiger partial charge >= 0.3 is 0 Å². The summed E-state index contributed by atoms with van der Waals surface area (Å²) in [5.41, 5.74) is 0. The first-order chi connectivity index (χ1) is 8.31. The van der Waals surface area contributed by atoms with Crippen LogP contribution in [0.2, 0.25) is 0 Å². The zero-order valence-corrected chi connectivity index (χ0v) is 10.6. The zero-order chi connectivity index (χ0) is 12.1. The molecule has 1 aliphatic heterocycles. The number of fused-ring (bicyclic) bond motifs is 2. The molecule has 0 spiro atoms. The second-order valence-corrected chi connectivity index (χ2v) is 5.42. The molecule has 1 saturated heterocycles. The van der Waals surface area contributed by atoms with E-state index in [1.807, 2.05) is 0 Å². The summed E-state index contributed by atoms with van der Waals surface area (Å²) in [6.07, 6.45) is 15.1. The van der Waals surface area contributed by atoms with Crippen LogP contribution in [0.1, 0.15) is 19.3 Å². The number of hydrogen-bond donors (Lipinski definition) is 0. The van der Waals surface area contributed by atoms with Crippen LogP contribution in [0, 0.1) is 36.5 Å². The van der Waals surface area contributed by atoms with Gasteiger partial charge in [0, 0.05) is 26.2 Å². The Bertz CT molecular complexity index is 295. The lowest BCUT2D eigenvalue weighted by Crippen LogP contribution is -2.41. The van der Waals surface area contributed by atoms with Gasteiger partial charge in [0.05, 0.1) is 13.1 Å². The van der Waals surface area contributed by atoms with Crippen LogP contribution in [-0.4, -0.2) is 49.1 Å². The number of nitrogens with zero attached hydrogens (tertiary/aromatic N) is 2. The minimum Gasteiger partial charge on any atom is -0.302 e. The second kappa shape index (κ2) is 6.10. The zero-order valence-electron chi connectivity index (χ0n) is 10.6. The number of terminal acetylenes is 2. The van der Waals surface area contributed by atoms with Gasteiger partial charge in [0.25, 0.3) is 0 Å². The molecule has 2 rings (SSSR count). The van der Waals surface area contributed by atoms with E-state index in [1.165, 1.54) is 32.4 Å². The molecule has 0 N–H and O–H groups in total. The first kappa shape index (κ1) is 12.5. The smallest absolute Gasteiger partial charge is 0.0607 e. The molecule has 0 aromatic rings. The maximum Gasteiger partial charge on any atom is 0.0607 e. The van der Waals surface area contributed by atoms with Gasteiger partial charge in [-0.25, -0.2) is 0 Å². The fourth-order valence-electron chi connectivity index (χ4n) is 3.25. The Morgan fingerprint density at radius 1 is 1.06 bits per heavy atom. The second-order valence-electron chi connectivity index (χ2n) is 5.42. The lowest BCUT2D eigenvalue weighted by atomic mass is 9.99. The summed E-state index contributed by atoms with van der Waals surface area (Å²) in [4.78, 5) is 4.78. The fraction of sp³-hybridized carbons (Fsp3) is 0.733. The van der Waals surface area contributed by atoms with Crippen molar-refractivity contribution in [2.24, 2.45) is 11.8 Å². The standard InChI is InChI=1S/C15H22N2/c1-3-7-16(8-4-2)9-10-17-12-14-5-6-15(11-14)13-17/h1-2,14-15H,5-13H2. The molecule has 0 aromatic carbocycles. The Labute approximate surface area is 105 Å². The van der Waals surface area contributed by atoms with Crippen LogP contribution >= 0.6 is 0 Å². The number of rotatable bonds is 5. The SMILES string of the molecule is C#CCN(CC#C)CCN1CC2CCC(C2)C1. The Morgan fingerprint density at radius 3 is 2.18 bits per heavy atom. The third-order valence-electron chi connectivity index (χ3n) is 4.04. The van der Waals surface area contributed by atoms with E-state index in [4.69, 9.17) is 12.8 Å². The summed E-state index contributed by atoms with van der Waals surface area (Å²) < 4.78 is 0. The van der Waals surface area contributed by atoms with Crippen molar-refractivity contribution < 1.29 is 0 Å². The number of likely N-dealkylation sites (tertiary alicyclic amines) is 1. The molecule has 0 radical (unpaired) electrons. The summed E-state index contributed by atoms with van der Waals surface area (Å²) in [7, 11) is 0. The van der Waals surface area contributed by atoms with Gasteiger partial charge in [0.1, 0.15) is 0 Å². The van der Waals surface area contributed by atoms with Crippen LogP contribution in [0.4, 0.5) is 0 Å². The lowest BCUT2D eigenvalue weighted by Gasteiger charge is -2.33. The Kier molecular flexibility index (Phi) is 4.49. The molecule has 1 aliphatic carbocycles. The quantitative estimate of drug-likeness (QED) is 0.657. The van der Waals surface area contributed by atoms with Crippen LogP contribution in [0.3, 0.4) is 0 Å².